The third-order valence-electron chi connectivity index (χ3n) is 4.91. The maximum absolute atomic E-state index is 13.5. The van der Waals surface area contributed by atoms with Crippen LogP contribution in [0.1, 0.15) is 38.6 Å². The number of ketones is 1. The minimum Gasteiger partial charge on any atom is -0.545 e. The summed E-state index contributed by atoms with van der Waals surface area (Å²) in [4.78, 5) is 32.5. The molecule has 0 radical (unpaired) electrons. The molecule has 0 fully saturated rings. The van der Waals surface area contributed by atoms with Gasteiger partial charge < -0.3 is 29.8 Å². The molecule has 0 amide bonds. The molecule has 1 aromatic carbocycles. The number of aromatic carboxylic acids is 1. The molecule has 0 atom stereocenters. The van der Waals surface area contributed by atoms with Crippen molar-refractivity contribution < 1.29 is 84.5 Å². The average molecular weight is 507 g/mol. The molecule has 0 spiro atoms. The number of carboxylic acid groups (broad SMARTS) is 1. The number of nitrogen functional groups attached to an aromatic ring is 1. The Morgan fingerprint density at radius 2 is 1.89 bits per heavy atom. The molecule has 3 N–H and O–H groups in total. The van der Waals surface area contributed by atoms with Crippen molar-refractivity contribution in [2.45, 2.75) is 19.4 Å². The Bertz CT molecular complexity index is 1370. The zero-order valence-corrected chi connectivity index (χ0v) is 21.5. The van der Waals surface area contributed by atoms with E-state index in [1.54, 1.807) is 0 Å². The number of nitrogens with two attached hydrogens (primary N) is 1. The Kier molecular flexibility index (Phi) is 8.50. The fourth-order valence-electron chi connectivity index (χ4n) is 3.36. The van der Waals surface area contributed by atoms with Crippen molar-refractivity contribution in [1.29, 1.82) is 0 Å². The number of pyridine rings is 1. The number of nitrogens with zero attached hydrogens (tertiary/aromatic N) is 4. The number of carboxylic acids is 1. The van der Waals surface area contributed by atoms with Gasteiger partial charge in [0.15, 0.2) is 5.78 Å². The number of halogens is 2. The van der Waals surface area contributed by atoms with Gasteiger partial charge in [0.25, 0.3) is 0 Å². The van der Waals surface area contributed by atoms with E-state index in [0.29, 0.717) is 11.8 Å². The number of aromatic hydroxyl groups is 1. The summed E-state index contributed by atoms with van der Waals surface area (Å²) in [6, 6.07) is 5.72. The van der Waals surface area contributed by atoms with Gasteiger partial charge in [0.05, 0.1) is 12.2 Å². The van der Waals surface area contributed by atoms with E-state index in [1.165, 1.54) is 29.1 Å². The number of rotatable bonds is 8. The molecule has 0 aliphatic rings. The molecule has 4 rings (SSSR count). The number of aromatic nitrogens is 4. The van der Waals surface area contributed by atoms with Crippen molar-refractivity contribution in [3.63, 3.8) is 0 Å². The van der Waals surface area contributed by atoms with Crippen molar-refractivity contribution in [2.75, 3.05) is 5.73 Å². The van der Waals surface area contributed by atoms with Crippen molar-refractivity contribution in [2.24, 2.45) is 0 Å². The van der Waals surface area contributed by atoms with Crippen LogP contribution in [0.25, 0.3) is 11.5 Å². The summed E-state index contributed by atoms with van der Waals surface area (Å²) >= 11 is 0. The number of carbonyl (C=O) groups is 2. The van der Waals surface area contributed by atoms with Gasteiger partial charge in [-0.3, -0.25) is 4.79 Å². The fraction of sp³-hybridized carbons (Fsp3) is 0.136. The van der Waals surface area contributed by atoms with E-state index in [9.17, 15) is 28.6 Å². The summed E-state index contributed by atoms with van der Waals surface area (Å²) < 4.78 is 33.3. The number of aryl methyl sites for hydroxylation is 1. The van der Waals surface area contributed by atoms with Gasteiger partial charge in [-0.25, -0.2) is 13.8 Å². The van der Waals surface area contributed by atoms with E-state index >= 15 is 0 Å². The standard InChI is InChI=1S/C22H17F2N5O5.K/c23-12-5-11(6-13(24)7-12)9-29-10-15(19(20(29)25)22(32)33)17(31)3-4-18-27-21(28-34-18)16-2-1-14(30)8-26-16;/h1-2,5-8,10,30H,3-4,9,25H2,(H,32,33);/q;+1/p-1. The van der Waals surface area contributed by atoms with Crippen LogP contribution >= 0.6 is 0 Å². The smallest absolute Gasteiger partial charge is 0.545 e. The Labute approximate surface area is 239 Å². The van der Waals surface area contributed by atoms with E-state index in [0.717, 1.165) is 12.1 Å². The van der Waals surface area contributed by atoms with E-state index in [-0.39, 0.29) is 105 Å². The molecular weight excluding hydrogens is 491 g/mol. The van der Waals surface area contributed by atoms with Crippen LogP contribution in [0, 0.1) is 11.6 Å². The second kappa shape index (κ2) is 11.2. The van der Waals surface area contributed by atoms with Crippen molar-refractivity contribution in [3.8, 4) is 17.3 Å². The third-order valence-corrected chi connectivity index (χ3v) is 4.91. The molecule has 3 aromatic heterocycles. The predicted molar refractivity (Wildman–Crippen MR) is 110 cm³/mol. The van der Waals surface area contributed by atoms with Gasteiger partial charge in [0, 0.05) is 42.8 Å². The average Bonchev–Trinajstić information content (AvgIpc) is 3.37. The Morgan fingerprint density at radius 3 is 2.51 bits per heavy atom. The molecule has 0 saturated carbocycles. The van der Waals surface area contributed by atoms with Gasteiger partial charge in [0.1, 0.15) is 28.9 Å². The van der Waals surface area contributed by atoms with Gasteiger partial charge in [-0.15, -0.1) is 0 Å². The molecule has 35 heavy (non-hydrogen) atoms. The maximum Gasteiger partial charge on any atom is 1.00 e. The Hall–Kier alpha value is -2.97. The van der Waals surface area contributed by atoms with Crippen molar-refractivity contribution >= 4 is 17.6 Å². The molecule has 0 aliphatic heterocycles. The second-order valence-corrected chi connectivity index (χ2v) is 7.33. The SMILES string of the molecule is Nc1c(C(=O)[O-])c(C(=O)CCc2nc(-c3ccc(O)cn3)no2)cn1Cc1cc(F)cc(F)c1.[K+]. The molecule has 0 bridgehead atoms. The summed E-state index contributed by atoms with van der Waals surface area (Å²) in [7, 11) is 0. The first-order valence-corrected chi connectivity index (χ1v) is 9.87. The normalized spacial score (nSPS) is 10.7. The number of anilines is 1. The summed E-state index contributed by atoms with van der Waals surface area (Å²) in [5.41, 5.74) is 5.69. The molecule has 3 heterocycles. The molecule has 0 unspecified atom stereocenters. The number of carbonyl (C=O) groups excluding carboxylic acids is 2. The number of hydrogen-bond donors (Lipinski definition) is 2. The van der Waals surface area contributed by atoms with Gasteiger partial charge in [0.2, 0.25) is 11.7 Å². The molecule has 174 valence electrons. The zero-order valence-electron chi connectivity index (χ0n) is 18.4. The van der Waals surface area contributed by atoms with Crippen LogP contribution < -0.4 is 62.2 Å². The Balaban J connectivity index is 0.00000342. The maximum atomic E-state index is 13.5. The van der Waals surface area contributed by atoms with Gasteiger partial charge in [-0.05, 0) is 29.8 Å². The first kappa shape index (κ1) is 26.6. The summed E-state index contributed by atoms with van der Waals surface area (Å²) in [6.07, 6.45) is 2.22. The minimum atomic E-state index is -1.66. The largest absolute Gasteiger partial charge is 1.00 e. The van der Waals surface area contributed by atoms with Crippen LogP contribution in [0.4, 0.5) is 14.6 Å². The molecule has 0 aliphatic carbocycles. The zero-order chi connectivity index (χ0) is 24.4. The molecular formula is C22H16F2KN5O5. The molecule has 10 nitrogen and oxygen atoms in total. The number of benzene rings is 1. The van der Waals surface area contributed by atoms with Gasteiger partial charge in [-0.1, -0.05) is 5.16 Å². The molecule has 13 heteroatoms. The van der Waals surface area contributed by atoms with Crippen LogP contribution in [-0.4, -0.2) is 36.6 Å². The number of Topliss-reactive ketones (excluding diaryl/α,β-unsaturated/α-hetero) is 1. The minimum absolute atomic E-state index is 0. The van der Waals surface area contributed by atoms with Crippen LogP contribution in [0.3, 0.4) is 0 Å². The number of hydrogen-bond acceptors (Lipinski definition) is 9. The van der Waals surface area contributed by atoms with Crippen molar-refractivity contribution in [3.05, 3.63) is 76.9 Å². The van der Waals surface area contributed by atoms with E-state index < -0.39 is 29.0 Å². The summed E-state index contributed by atoms with van der Waals surface area (Å²) in [6.45, 7) is -0.166. The van der Waals surface area contributed by atoms with E-state index in [1.807, 2.05) is 0 Å². The Morgan fingerprint density at radius 1 is 1.17 bits per heavy atom. The van der Waals surface area contributed by atoms with Crippen LogP contribution in [0.5, 0.6) is 5.75 Å². The van der Waals surface area contributed by atoms with Crippen LogP contribution in [0.15, 0.2) is 47.2 Å². The third kappa shape index (κ3) is 6.18. The monoisotopic (exact) mass is 507 g/mol. The van der Waals surface area contributed by atoms with Crippen molar-refractivity contribution in [1.82, 2.24) is 19.7 Å². The van der Waals surface area contributed by atoms with E-state index in [2.05, 4.69) is 15.1 Å². The predicted octanol–water partition coefficient (Wildman–Crippen LogP) is -1.27. The fourth-order valence-corrected chi connectivity index (χ4v) is 3.36. The second-order valence-electron chi connectivity index (χ2n) is 7.33. The summed E-state index contributed by atoms with van der Waals surface area (Å²) in [5.74, 6) is -3.92. The molecule has 4 aromatic rings. The first-order valence-electron chi connectivity index (χ1n) is 9.87. The topological polar surface area (TPSA) is 160 Å². The quantitative estimate of drug-likeness (QED) is 0.219. The molecule has 0 saturated heterocycles. The van der Waals surface area contributed by atoms with E-state index in [4.69, 9.17) is 10.3 Å². The van der Waals surface area contributed by atoms with Crippen LogP contribution in [0.2, 0.25) is 0 Å². The first-order chi connectivity index (χ1) is 16.2. The van der Waals surface area contributed by atoms with Gasteiger partial charge in [-0.2, -0.15) is 4.98 Å². The summed E-state index contributed by atoms with van der Waals surface area (Å²) in [5, 5.41) is 24.7. The van der Waals surface area contributed by atoms with Gasteiger partial charge >= 0.3 is 51.4 Å². The van der Waals surface area contributed by atoms with Crippen LogP contribution in [-0.2, 0) is 13.0 Å².